The van der Waals surface area contributed by atoms with Crippen LogP contribution in [0.5, 0.6) is 0 Å². The van der Waals surface area contributed by atoms with Crippen LogP contribution in [0.15, 0.2) is 64.2 Å². The standard InChI is InChI=1S/C23H28N4O2S/c1-5-26(6-2)19-14-12-18(13-15-19)22-24-25-23(29-22)30-16-21(28)27(17(3)4)20-10-8-7-9-11-20/h7-15,17H,5-6,16H2,1-4H3. The van der Waals surface area contributed by atoms with Gasteiger partial charge in [0.25, 0.3) is 5.22 Å². The van der Waals surface area contributed by atoms with Gasteiger partial charge in [0.1, 0.15) is 0 Å². The first kappa shape index (κ1) is 21.9. The molecule has 7 heteroatoms. The van der Waals surface area contributed by atoms with Gasteiger partial charge in [-0.15, -0.1) is 10.2 Å². The van der Waals surface area contributed by atoms with Gasteiger partial charge in [0.15, 0.2) is 0 Å². The van der Waals surface area contributed by atoms with Gasteiger partial charge in [-0.1, -0.05) is 30.0 Å². The van der Waals surface area contributed by atoms with Crippen molar-refractivity contribution in [3.8, 4) is 11.5 Å². The summed E-state index contributed by atoms with van der Waals surface area (Å²) in [4.78, 5) is 16.9. The highest BCUT2D eigenvalue weighted by molar-refractivity contribution is 7.99. The van der Waals surface area contributed by atoms with Crippen LogP contribution >= 0.6 is 11.8 Å². The lowest BCUT2D eigenvalue weighted by molar-refractivity contribution is -0.116. The molecule has 0 saturated heterocycles. The Morgan fingerprint density at radius 3 is 2.23 bits per heavy atom. The van der Waals surface area contributed by atoms with E-state index >= 15 is 0 Å². The molecule has 2 aromatic carbocycles. The predicted molar refractivity (Wildman–Crippen MR) is 123 cm³/mol. The van der Waals surface area contributed by atoms with Crippen LogP contribution in [0.2, 0.25) is 0 Å². The fraction of sp³-hybridized carbons (Fsp3) is 0.348. The van der Waals surface area contributed by atoms with Gasteiger partial charge in [-0.3, -0.25) is 4.79 Å². The van der Waals surface area contributed by atoms with E-state index in [4.69, 9.17) is 4.42 Å². The number of carbonyl (C=O) groups excluding carboxylic acids is 1. The van der Waals surface area contributed by atoms with Crippen molar-refractivity contribution >= 4 is 29.0 Å². The summed E-state index contributed by atoms with van der Waals surface area (Å²) in [6.07, 6.45) is 0. The van der Waals surface area contributed by atoms with Crippen molar-refractivity contribution in [3.05, 3.63) is 54.6 Å². The van der Waals surface area contributed by atoms with Crippen molar-refractivity contribution in [3.63, 3.8) is 0 Å². The Balaban J connectivity index is 1.65. The van der Waals surface area contributed by atoms with Crippen LogP contribution in [0.4, 0.5) is 11.4 Å². The summed E-state index contributed by atoms with van der Waals surface area (Å²) in [7, 11) is 0. The highest BCUT2D eigenvalue weighted by atomic mass is 32.2. The summed E-state index contributed by atoms with van der Waals surface area (Å²) < 4.78 is 5.78. The molecule has 0 N–H and O–H groups in total. The molecule has 0 bridgehead atoms. The fourth-order valence-corrected chi connectivity index (χ4v) is 3.92. The van der Waals surface area contributed by atoms with E-state index in [2.05, 4.69) is 41.1 Å². The van der Waals surface area contributed by atoms with E-state index in [-0.39, 0.29) is 17.7 Å². The first-order chi connectivity index (χ1) is 14.5. The molecule has 0 spiro atoms. The molecule has 1 aromatic heterocycles. The summed E-state index contributed by atoms with van der Waals surface area (Å²) in [6, 6.07) is 17.8. The zero-order valence-electron chi connectivity index (χ0n) is 17.9. The normalized spacial score (nSPS) is 11.0. The van der Waals surface area contributed by atoms with Crippen molar-refractivity contribution in [2.75, 3.05) is 28.6 Å². The summed E-state index contributed by atoms with van der Waals surface area (Å²) in [6.45, 7) is 10.2. The lowest BCUT2D eigenvalue weighted by Crippen LogP contribution is -2.38. The van der Waals surface area contributed by atoms with Crippen molar-refractivity contribution in [1.29, 1.82) is 0 Å². The maximum absolute atomic E-state index is 12.8. The van der Waals surface area contributed by atoms with Gasteiger partial charge in [-0.2, -0.15) is 0 Å². The first-order valence-electron chi connectivity index (χ1n) is 10.2. The van der Waals surface area contributed by atoms with Gasteiger partial charge < -0.3 is 14.2 Å². The number of thioether (sulfide) groups is 1. The number of benzene rings is 2. The molecule has 0 aliphatic rings. The number of para-hydroxylation sites is 1. The van der Waals surface area contributed by atoms with E-state index in [0.717, 1.165) is 30.0 Å². The van der Waals surface area contributed by atoms with Crippen LogP contribution < -0.4 is 9.80 Å². The molecule has 3 aromatic rings. The lowest BCUT2D eigenvalue weighted by Gasteiger charge is -2.26. The molecule has 0 saturated carbocycles. The zero-order valence-corrected chi connectivity index (χ0v) is 18.7. The second-order valence-corrected chi connectivity index (χ2v) is 8.00. The van der Waals surface area contributed by atoms with Crippen LogP contribution in [-0.2, 0) is 4.79 Å². The van der Waals surface area contributed by atoms with Crippen molar-refractivity contribution in [2.24, 2.45) is 0 Å². The Morgan fingerprint density at radius 2 is 1.63 bits per heavy atom. The monoisotopic (exact) mass is 424 g/mol. The average molecular weight is 425 g/mol. The third kappa shape index (κ3) is 5.21. The van der Waals surface area contributed by atoms with E-state index in [0.29, 0.717) is 11.1 Å². The Morgan fingerprint density at radius 1 is 0.967 bits per heavy atom. The minimum absolute atomic E-state index is 0.00419. The molecule has 158 valence electrons. The summed E-state index contributed by atoms with van der Waals surface area (Å²) in [5.74, 6) is 0.694. The number of aromatic nitrogens is 2. The second-order valence-electron chi connectivity index (χ2n) is 7.07. The van der Waals surface area contributed by atoms with E-state index < -0.39 is 0 Å². The van der Waals surface area contributed by atoms with Crippen molar-refractivity contribution in [1.82, 2.24) is 10.2 Å². The van der Waals surface area contributed by atoms with Gasteiger partial charge >= 0.3 is 0 Å². The Hall–Kier alpha value is -2.80. The smallest absolute Gasteiger partial charge is 0.277 e. The highest BCUT2D eigenvalue weighted by Crippen LogP contribution is 2.26. The summed E-state index contributed by atoms with van der Waals surface area (Å²) in [5, 5.41) is 8.63. The molecule has 1 amide bonds. The van der Waals surface area contributed by atoms with Gasteiger partial charge in [-0.25, -0.2) is 0 Å². The Kier molecular flexibility index (Phi) is 7.52. The van der Waals surface area contributed by atoms with E-state index in [1.54, 1.807) is 4.90 Å². The Labute approximate surface area is 182 Å². The quantitative estimate of drug-likeness (QED) is 0.445. The van der Waals surface area contributed by atoms with E-state index in [9.17, 15) is 4.79 Å². The minimum atomic E-state index is 0.00419. The van der Waals surface area contributed by atoms with Crippen molar-refractivity contribution in [2.45, 2.75) is 39.0 Å². The average Bonchev–Trinajstić information content (AvgIpc) is 3.23. The Bertz CT molecular complexity index is 937. The maximum Gasteiger partial charge on any atom is 0.277 e. The number of anilines is 2. The molecule has 1 heterocycles. The largest absolute Gasteiger partial charge is 0.411 e. The number of hydrogen-bond donors (Lipinski definition) is 0. The SMILES string of the molecule is CCN(CC)c1ccc(-c2nnc(SCC(=O)N(c3ccccc3)C(C)C)o2)cc1. The number of carbonyl (C=O) groups is 1. The van der Waals surface area contributed by atoms with Crippen LogP contribution in [-0.4, -0.2) is 41.0 Å². The fourth-order valence-electron chi connectivity index (χ4n) is 3.30. The summed E-state index contributed by atoms with van der Waals surface area (Å²) in [5.41, 5.74) is 2.92. The van der Waals surface area contributed by atoms with Gasteiger partial charge in [-0.05, 0) is 64.1 Å². The molecule has 0 fully saturated rings. The number of amides is 1. The topological polar surface area (TPSA) is 62.5 Å². The minimum Gasteiger partial charge on any atom is -0.411 e. The van der Waals surface area contributed by atoms with E-state index in [1.165, 1.54) is 11.8 Å². The van der Waals surface area contributed by atoms with Gasteiger partial charge in [0.05, 0.1) is 5.75 Å². The molecule has 3 rings (SSSR count). The van der Waals surface area contributed by atoms with Crippen molar-refractivity contribution < 1.29 is 9.21 Å². The second kappa shape index (κ2) is 10.3. The van der Waals surface area contributed by atoms with E-state index in [1.807, 2.05) is 56.3 Å². The third-order valence-corrected chi connectivity index (χ3v) is 5.59. The van der Waals surface area contributed by atoms with Crippen LogP contribution in [0.25, 0.3) is 11.5 Å². The molecular weight excluding hydrogens is 396 g/mol. The lowest BCUT2D eigenvalue weighted by atomic mass is 10.2. The van der Waals surface area contributed by atoms with Crippen LogP contribution in [0, 0.1) is 0 Å². The molecule has 0 unspecified atom stereocenters. The molecule has 0 atom stereocenters. The zero-order chi connectivity index (χ0) is 21.5. The number of hydrogen-bond acceptors (Lipinski definition) is 6. The highest BCUT2D eigenvalue weighted by Gasteiger charge is 2.20. The van der Waals surface area contributed by atoms with Crippen LogP contribution in [0.3, 0.4) is 0 Å². The molecule has 0 aliphatic carbocycles. The maximum atomic E-state index is 12.8. The molecule has 0 aliphatic heterocycles. The number of nitrogens with zero attached hydrogens (tertiary/aromatic N) is 4. The third-order valence-electron chi connectivity index (χ3n) is 4.79. The van der Waals surface area contributed by atoms with Gasteiger partial charge in [0.2, 0.25) is 11.8 Å². The van der Waals surface area contributed by atoms with Gasteiger partial charge in [0, 0.05) is 36.1 Å². The predicted octanol–water partition coefficient (Wildman–Crippen LogP) is 5.12. The van der Waals surface area contributed by atoms with Crippen LogP contribution in [0.1, 0.15) is 27.7 Å². The first-order valence-corrected chi connectivity index (χ1v) is 11.2. The number of rotatable bonds is 9. The molecular formula is C23H28N4O2S. The molecule has 6 nitrogen and oxygen atoms in total. The molecule has 30 heavy (non-hydrogen) atoms. The molecule has 0 radical (unpaired) electrons. The summed E-state index contributed by atoms with van der Waals surface area (Å²) >= 11 is 1.26.